The first-order valence-corrected chi connectivity index (χ1v) is 9.61. The Bertz CT molecular complexity index is 624. The molecule has 0 atom stereocenters. The molecule has 158 valence electrons. The van der Waals surface area contributed by atoms with E-state index in [2.05, 4.69) is 5.32 Å². The molecule has 1 N–H and O–H groups in total. The third-order valence-electron chi connectivity index (χ3n) is 5.03. The van der Waals surface area contributed by atoms with Crippen molar-refractivity contribution < 1.29 is 27.4 Å². The van der Waals surface area contributed by atoms with Gasteiger partial charge in [0.2, 0.25) is 5.91 Å². The van der Waals surface area contributed by atoms with E-state index in [-0.39, 0.29) is 17.5 Å². The highest BCUT2D eigenvalue weighted by molar-refractivity contribution is 5.96. The summed E-state index contributed by atoms with van der Waals surface area (Å²) in [7, 11) is 3.13. The highest BCUT2D eigenvalue weighted by Crippen LogP contribution is 2.36. The molecule has 0 radical (unpaired) electrons. The Balaban J connectivity index is 2.32. The second-order valence-electron chi connectivity index (χ2n) is 7.03. The Labute approximate surface area is 164 Å². The molecule has 28 heavy (non-hydrogen) atoms. The van der Waals surface area contributed by atoms with E-state index in [9.17, 15) is 18.0 Å². The van der Waals surface area contributed by atoms with Crippen molar-refractivity contribution in [3.63, 3.8) is 0 Å². The van der Waals surface area contributed by atoms with Gasteiger partial charge in [-0.1, -0.05) is 19.3 Å². The number of ether oxygens (including phenoxy) is 2. The number of amides is 1. The molecule has 8 heteroatoms. The number of hydrogen-bond acceptors (Lipinski definition) is 4. The quantitative estimate of drug-likeness (QED) is 0.668. The topological polar surface area (TPSA) is 50.8 Å². The van der Waals surface area contributed by atoms with Crippen LogP contribution in [0.4, 0.5) is 24.5 Å². The normalized spacial score (nSPS) is 15.5. The molecule has 0 bridgehead atoms. The van der Waals surface area contributed by atoms with Gasteiger partial charge in [0.05, 0.1) is 30.2 Å². The van der Waals surface area contributed by atoms with Gasteiger partial charge in [0.25, 0.3) is 0 Å². The van der Waals surface area contributed by atoms with Crippen LogP contribution in [-0.2, 0) is 20.4 Å². The zero-order valence-corrected chi connectivity index (χ0v) is 16.5. The van der Waals surface area contributed by atoms with Crippen LogP contribution in [-0.4, -0.2) is 46.4 Å². The number of benzene rings is 1. The molecule has 2 rings (SSSR count). The second kappa shape index (κ2) is 10.7. The summed E-state index contributed by atoms with van der Waals surface area (Å²) in [4.78, 5) is 14.5. The first-order valence-electron chi connectivity index (χ1n) is 9.61. The molecule has 1 aliphatic rings. The molecular weight excluding hydrogens is 373 g/mol. The summed E-state index contributed by atoms with van der Waals surface area (Å²) in [6, 6.07) is 3.46. The van der Waals surface area contributed by atoms with E-state index in [4.69, 9.17) is 9.47 Å². The number of carbonyl (C=O) groups is 1. The van der Waals surface area contributed by atoms with Crippen LogP contribution in [0.2, 0.25) is 0 Å². The SMILES string of the molecule is COCCN(CCOC)c1ccc(C(F)(F)F)cc1NC(=O)C1CCCCC1. The molecule has 1 aliphatic carbocycles. The van der Waals surface area contributed by atoms with Crippen LogP contribution < -0.4 is 10.2 Å². The Kier molecular flexibility index (Phi) is 8.57. The number of carbonyl (C=O) groups excluding carboxylic acids is 1. The predicted octanol–water partition coefficient (Wildman–Crippen LogP) is 4.32. The lowest BCUT2D eigenvalue weighted by Gasteiger charge is -2.28. The third kappa shape index (κ3) is 6.38. The summed E-state index contributed by atoms with van der Waals surface area (Å²) >= 11 is 0. The fraction of sp³-hybridized carbons (Fsp3) is 0.650. The Morgan fingerprint density at radius 1 is 1.11 bits per heavy atom. The maximum absolute atomic E-state index is 13.2. The minimum absolute atomic E-state index is 0.150. The Morgan fingerprint density at radius 3 is 2.25 bits per heavy atom. The molecule has 1 saturated carbocycles. The highest BCUT2D eigenvalue weighted by atomic mass is 19.4. The van der Waals surface area contributed by atoms with Crippen LogP contribution in [0.1, 0.15) is 37.7 Å². The van der Waals surface area contributed by atoms with Gasteiger partial charge in [-0.3, -0.25) is 4.79 Å². The monoisotopic (exact) mass is 402 g/mol. The third-order valence-corrected chi connectivity index (χ3v) is 5.03. The van der Waals surface area contributed by atoms with Crippen LogP contribution in [0.3, 0.4) is 0 Å². The fourth-order valence-electron chi connectivity index (χ4n) is 3.44. The summed E-state index contributed by atoms with van der Waals surface area (Å²) in [6.07, 6.45) is 0.115. The van der Waals surface area contributed by atoms with E-state index in [1.807, 2.05) is 4.90 Å². The fourth-order valence-corrected chi connectivity index (χ4v) is 3.44. The van der Waals surface area contributed by atoms with Gasteiger partial charge in [-0.25, -0.2) is 0 Å². The second-order valence-corrected chi connectivity index (χ2v) is 7.03. The molecule has 1 aromatic rings. The van der Waals surface area contributed by atoms with E-state index in [0.717, 1.165) is 44.2 Å². The van der Waals surface area contributed by atoms with Crippen molar-refractivity contribution in [2.45, 2.75) is 38.3 Å². The molecule has 0 spiro atoms. The molecule has 5 nitrogen and oxygen atoms in total. The molecule has 1 fully saturated rings. The van der Waals surface area contributed by atoms with E-state index in [0.29, 0.717) is 32.0 Å². The summed E-state index contributed by atoms with van der Waals surface area (Å²) in [6.45, 7) is 1.75. The summed E-state index contributed by atoms with van der Waals surface area (Å²) < 4.78 is 49.9. The summed E-state index contributed by atoms with van der Waals surface area (Å²) in [5.74, 6) is -0.360. The molecule has 1 amide bonds. The molecule has 0 aliphatic heterocycles. The van der Waals surface area contributed by atoms with Gasteiger partial charge in [-0.2, -0.15) is 13.2 Å². The standard InChI is InChI=1S/C20H29F3N2O3/c1-27-12-10-25(11-13-28-2)18-9-8-16(20(21,22)23)14-17(18)24-19(26)15-6-4-3-5-7-15/h8-9,14-15H,3-7,10-13H2,1-2H3,(H,24,26). The van der Waals surface area contributed by atoms with Gasteiger partial charge >= 0.3 is 6.18 Å². The van der Waals surface area contributed by atoms with Crippen molar-refractivity contribution in [3.8, 4) is 0 Å². The molecule has 0 aromatic heterocycles. The van der Waals surface area contributed by atoms with Crippen molar-refractivity contribution >= 4 is 17.3 Å². The molecule has 0 saturated heterocycles. The average molecular weight is 402 g/mol. The number of halogens is 3. The largest absolute Gasteiger partial charge is 0.416 e. The Hall–Kier alpha value is -1.80. The van der Waals surface area contributed by atoms with Crippen LogP contribution in [0.15, 0.2) is 18.2 Å². The van der Waals surface area contributed by atoms with Gasteiger partial charge in [-0.15, -0.1) is 0 Å². The van der Waals surface area contributed by atoms with Crippen LogP contribution in [0.5, 0.6) is 0 Å². The number of methoxy groups -OCH3 is 2. The smallest absolute Gasteiger partial charge is 0.383 e. The number of anilines is 2. The van der Waals surface area contributed by atoms with Crippen LogP contribution in [0.25, 0.3) is 0 Å². The molecule has 1 aromatic carbocycles. The van der Waals surface area contributed by atoms with Gasteiger partial charge in [-0.05, 0) is 31.0 Å². The summed E-state index contributed by atoms with van der Waals surface area (Å²) in [5, 5.41) is 2.76. The van der Waals surface area contributed by atoms with E-state index >= 15 is 0 Å². The van der Waals surface area contributed by atoms with E-state index in [1.54, 1.807) is 14.2 Å². The van der Waals surface area contributed by atoms with Crippen LogP contribution in [0, 0.1) is 5.92 Å². The molecular formula is C20H29F3N2O3. The van der Waals surface area contributed by atoms with Gasteiger partial charge in [0.15, 0.2) is 0 Å². The Morgan fingerprint density at radius 2 is 1.71 bits per heavy atom. The van der Waals surface area contributed by atoms with Gasteiger partial charge < -0.3 is 19.7 Å². The first kappa shape index (κ1) is 22.5. The lowest BCUT2D eigenvalue weighted by Crippen LogP contribution is -2.32. The first-order chi connectivity index (χ1) is 13.4. The van der Waals surface area contributed by atoms with Crippen LogP contribution >= 0.6 is 0 Å². The maximum atomic E-state index is 13.2. The van der Waals surface area contributed by atoms with Gasteiger partial charge in [0.1, 0.15) is 0 Å². The summed E-state index contributed by atoms with van der Waals surface area (Å²) in [5.41, 5.74) is -0.0718. The van der Waals surface area contributed by atoms with Crippen molar-refractivity contribution in [2.24, 2.45) is 5.92 Å². The number of hydrogen-bond donors (Lipinski definition) is 1. The maximum Gasteiger partial charge on any atom is 0.416 e. The highest BCUT2D eigenvalue weighted by Gasteiger charge is 2.32. The molecule has 0 unspecified atom stereocenters. The zero-order valence-electron chi connectivity index (χ0n) is 16.5. The van der Waals surface area contributed by atoms with E-state index < -0.39 is 11.7 Å². The van der Waals surface area contributed by atoms with Crippen molar-refractivity contribution in [3.05, 3.63) is 23.8 Å². The zero-order chi connectivity index (χ0) is 20.6. The van der Waals surface area contributed by atoms with Crippen molar-refractivity contribution in [1.29, 1.82) is 0 Å². The average Bonchev–Trinajstić information content (AvgIpc) is 2.68. The minimum Gasteiger partial charge on any atom is -0.383 e. The number of alkyl halides is 3. The van der Waals surface area contributed by atoms with Crippen molar-refractivity contribution in [1.82, 2.24) is 0 Å². The minimum atomic E-state index is -4.48. The molecule has 0 heterocycles. The number of nitrogens with zero attached hydrogens (tertiary/aromatic N) is 1. The lowest BCUT2D eigenvalue weighted by molar-refractivity contribution is -0.137. The number of rotatable bonds is 9. The van der Waals surface area contributed by atoms with Gasteiger partial charge in [0, 0.05) is 33.2 Å². The van der Waals surface area contributed by atoms with Crippen molar-refractivity contribution in [2.75, 3.05) is 50.7 Å². The lowest BCUT2D eigenvalue weighted by atomic mass is 9.88. The predicted molar refractivity (Wildman–Crippen MR) is 103 cm³/mol. The van der Waals surface area contributed by atoms with E-state index in [1.165, 1.54) is 6.07 Å². The number of nitrogens with one attached hydrogen (secondary N) is 1.